The number of nitrogens with zero attached hydrogens (tertiary/aromatic N) is 2. The van der Waals surface area contributed by atoms with Crippen LogP contribution in [0.15, 0.2) is 24.4 Å². The second-order valence-corrected chi connectivity index (χ2v) is 9.56. The van der Waals surface area contributed by atoms with E-state index in [0.29, 0.717) is 42.4 Å². The highest BCUT2D eigenvalue weighted by Gasteiger charge is 2.53. The van der Waals surface area contributed by atoms with Crippen molar-refractivity contribution in [1.29, 1.82) is 0 Å². The summed E-state index contributed by atoms with van der Waals surface area (Å²) in [4.78, 5) is 30.2. The van der Waals surface area contributed by atoms with Crippen molar-refractivity contribution in [2.24, 2.45) is 11.1 Å². The number of hydrogen-bond donors (Lipinski definition) is 2. The van der Waals surface area contributed by atoms with Crippen LogP contribution in [-0.4, -0.2) is 43.1 Å². The number of morpholine rings is 1. The highest BCUT2D eigenvalue weighted by Crippen LogP contribution is 2.57. The molecule has 1 aromatic carbocycles. The lowest BCUT2D eigenvalue weighted by Gasteiger charge is -2.28. The van der Waals surface area contributed by atoms with Crippen LogP contribution in [0.25, 0.3) is 11.1 Å². The number of halogens is 2. The van der Waals surface area contributed by atoms with Crippen LogP contribution in [0.3, 0.4) is 0 Å². The molecular formula is C23H24ClFN4O3. The van der Waals surface area contributed by atoms with Crippen LogP contribution in [0, 0.1) is 11.2 Å². The van der Waals surface area contributed by atoms with E-state index < -0.39 is 11.2 Å². The summed E-state index contributed by atoms with van der Waals surface area (Å²) < 4.78 is 20.8. The number of nitrogens with two attached hydrogens (primary N) is 1. The Kier molecular flexibility index (Phi) is 4.90. The van der Waals surface area contributed by atoms with Gasteiger partial charge in [-0.2, -0.15) is 0 Å². The summed E-state index contributed by atoms with van der Waals surface area (Å²) in [5.41, 5.74) is 6.43. The number of ether oxygens (including phenoxy) is 1. The molecule has 3 N–H and O–H groups in total. The van der Waals surface area contributed by atoms with Gasteiger partial charge >= 0.3 is 0 Å². The van der Waals surface area contributed by atoms with E-state index in [0.717, 1.165) is 12.0 Å². The Morgan fingerprint density at radius 1 is 1.34 bits per heavy atom. The largest absolute Gasteiger partial charge is 0.370 e. The molecule has 9 heteroatoms. The number of rotatable bonds is 3. The molecule has 0 unspecified atom stereocenters. The number of benzene rings is 1. The van der Waals surface area contributed by atoms with E-state index in [2.05, 4.69) is 10.3 Å². The molecule has 168 valence electrons. The lowest BCUT2D eigenvalue weighted by atomic mass is 9.76. The second kappa shape index (κ2) is 7.42. The van der Waals surface area contributed by atoms with E-state index in [1.54, 1.807) is 24.4 Å². The Hall–Kier alpha value is -2.71. The predicted octanol–water partition coefficient (Wildman–Crippen LogP) is 3.24. The topological polar surface area (TPSA) is 97.6 Å². The molecule has 1 saturated heterocycles. The highest BCUT2D eigenvalue weighted by atomic mass is 35.5. The molecule has 2 amide bonds. The first kappa shape index (κ1) is 21.2. The lowest BCUT2D eigenvalue weighted by Crippen LogP contribution is -2.42. The van der Waals surface area contributed by atoms with Gasteiger partial charge in [0.1, 0.15) is 12.4 Å². The third-order valence-electron chi connectivity index (χ3n) is 7.16. The minimum atomic E-state index is -0.621. The number of carbonyl (C=O) groups is 2. The zero-order valence-corrected chi connectivity index (χ0v) is 18.5. The summed E-state index contributed by atoms with van der Waals surface area (Å²) in [7, 11) is 0. The van der Waals surface area contributed by atoms with Crippen molar-refractivity contribution < 1.29 is 18.7 Å². The van der Waals surface area contributed by atoms with Crippen molar-refractivity contribution in [1.82, 2.24) is 4.98 Å². The minimum Gasteiger partial charge on any atom is -0.370 e. The lowest BCUT2D eigenvalue weighted by molar-refractivity contribution is -0.127. The Morgan fingerprint density at radius 3 is 2.88 bits per heavy atom. The van der Waals surface area contributed by atoms with Gasteiger partial charge in [-0.15, -0.1) is 0 Å². The number of pyridine rings is 1. The van der Waals surface area contributed by atoms with Crippen molar-refractivity contribution in [3.63, 3.8) is 0 Å². The van der Waals surface area contributed by atoms with Gasteiger partial charge < -0.3 is 20.7 Å². The molecule has 2 aliphatic heterocycles. The van der Waals surface area contributed by atoms with Gasteiger partial charge in [0.15, 0.2) is 5.82 Å². The Labute approximate surface area is 190 Å². The van der Waals surface area contributed by atoms with Crippen LogP contribution in [0.1, 0.15) is 31.7 Å². The maximum atomic E-state index is 15.6. The van der Waals surface area contributed by atoms with Crippen molar-refractivity contribution >= 4 is 34.9 Å². The number of carbonyl (C=O) groups excluding carboxylic acids is 2. The van der Waals surface area contributed by atoms with Crippen LogP contribution in [0.2, 0.25) is 5.02 Å². The number of hydrogen-bond acceptors (Lipinski definition) is 5. The van der Waals surface area contributed by atoms with Crippen molar-refractivity contribution in [2.75, 3.05) is 36.5 Å². The van der Waals surface area contributed by atoms with Gasteiger partial charge in [-0.05, 0) is 25.3 Å². The summed E-state index contributed by atoms with van der Waals surface area (Å²) in [6.07, 6.45) is 3.51. The Balaban J connectivity index is 1.59. The van der Waals surface area contributed by atoms with Crippen molar-refractivity contribution in [3.05, 3.63) is 40.8 Å². The van der Waals surface area contributed by atoms with Gasteiger partial charge in [-0.25, -0.2) is 9.37 Å². The number of nitrogens with one attached hydrogen (secondary N) is 1. The molecule has 1 aliphatic carbocycles. The number of anilines is 2. The van der Waals surface area contributed by atoms with Crippen LogP contribution >= 0.6 is 11.6 Å². The third-order valence-corrected chi connectivity index (χ3v) is 7.56. The molecular weight excluding hydrogens is 435 g/mol. The fraction of sp³-hybridized carbons (Fsp3) is 0.435. The molecule has 1 aromatic heterocycles. The zero-order valence-electron chi connectivity index (χ0n) is 17.7. The zero-order chi connectivity index (χ0) is 22.7. The molecule has 1 saturated carbocycles. The number of fused-ring (bicyclic) bond motifs is 2. The van der Waals surface area contributed by atoms with E-state index in [1.807, 2.05) is 6.92 Å². The normalized spacial score (nSPS) is 27.0. The van der Waals surface area contributed by atoms with Crippen LogP contribution in [0.4, 0.5) is 15.9 Å². The van der Waals surface area contributed by atoms with Gasteiger partial charge in [-0.1, -0.05) is 30.7 Å². The molecule has 0 bridgehead atoms. The molecule has 1 spiro atoms. The first-order valence-electron chi connectivity index (χ1n) is 10.7. The van der Waals surface area contributed by atoms with E-state index in [1.165, 1.54) is 4.90 Å². The average molecular weight is 459 g/mol. The fourth-order valence-corrected chi connectivity index (χ4v) is 5.80. The fourth-order valence-electron chi connectivity index (χ4n) is 5.36. The molecule has 0 radical (unpaired) electrons. The molecule has 7 nitrogen and oxygen atoms in total. The summed E-state index contributed by atoms with van der Waals surface area (Å²) in [5, 5.41) is 3.72. The van der Waals surface area contributed by atoms with Gasteiger partial charge in [0.05, 0.1) is 17.3 Å². The number of aromatic nitrogens is 1. The van der Waals surface area contributed by atoms with Crippen molar-refractivity contribution in [2.45, 2.75) is 31.6 Å². The van der Waals surface area contributed by atoms with Gasteiger partial charge in [0.2, 0.25) is 5.91 Å². The maximum absolute atomic E-state index is 15.6. The Bertz CT molecular complexity index is 1140. The number of primary amides is 1. The summed E-state index contributed by atoms with van der Waals surface area (Å²) in [6, 6.07) is 4.92. The van der Waals surface area contributed by atoms with Crippen LogP contribution in [-0.2, 0) is 19.7 Å². The Morgan fingerprint density at radius 2 is 2.16 bits per heavy atom. The molecule has 3 heterocycles. The quantitative estimate of drug-likeness (QED) is 0.735. The van der Waals surface area contributed by atoms with E-state index in [9.17, 15) is 9.59 Å². The van der Waals surface area contributed by atoms with Crippen molar-refractivity contribution in [3.8, 4) is 11.1 Å². The standard InChI is InChI=1S/C23H24ClFN4O3/c1-22(21(26)31)5-6-23(11-22)12-28-20-17(23)18(24)14(9-27-20)13-3-2-4-15(19(13)25)29-7-8-32-10-16(29)30/h2-4,9H,5-8,10-12H2,1H3,(H2,26,31)(H,27,28)/t22-,23+/m1/s1. The number of amides is 2. The summed E-state index contributed by atoms with van der Waals surface area (Å²) in [5.74, 6) is -0.477. The first-order chi connectivity index (χ1) is 15.3. The van der Waals surface area contributed by atoms with Crippen LogP contribution in [0.5, 0.6) is 0 Å². The second-order valence-electron chi connectivity index (χ2n) is 9.18. The summed E-state index contributed by atoms with van der Waals surface area (Å²) in [6.45, 7) is 3.05. The van der Waals surface area contributed by atoms with Gasteiger partial charge in [-0.3, -0.25) is 9.59 Å². The minimum absolute atomic E-state index is 0.0718. The molecule has 2 atom stereocenters. The maximum Gasteiger partial charge on any atom is 0.253 e. The SMILES string of the molecule is C[C@@]1(C(N)=O)CC[C@@]2(CNc3ncc(-c4cccc(N5CCOCC5=O)c4F)c(Cl)c32)C1. The predicted molar refractivity (Wildman–Crippen MR) is 119 cm³/mol. The molecule has 2 fully saturated rings. The van der Waals surface area contributed by atoms with Crippen LogP contribution < -0.4 is 16.0 Å². The van der Waals surface area contributed by atoms with E-state index in [4.69, 9.17) is 22.1 Å². The van der Waals surface area contributed by atoms with E-state index in [-0.39, 0.29) is 41.6 Å². The van der Waals surface area contributed by atoms with Gasteiger partial charge in [0, 0.05) is 46.8 Å². The molecule has 3 aliphatic rings. The highest BCUT2D eigenvalue weighted by molar-refractivity contribution is 6.34. The monoisotopic (exact) mass is 458 g/mol. The molecule has 5 rings (SSSR count). The van der Waals surface area contributed by atoms with E-state index >= 15 is 4.39 Å². The summed E-state index contributed by atoms with van der Waals surface area (Å²) >= 11 is 6.91. The van der Waals surface area contributed by atoms with Gasteiger partial charge in [0.25, 0.3) is 5.91 Å². The first-order valence-corrected chi connectivity index (χ1v) is 11.0. The molecule has 2 aromatic rings. The third kappa shape index (κ3) is 3.08. The average Bonchev–Trinajstić information content (AvgIpc) is 3.31. The molecule has 32 heavy (non-hydrogen) atoms. The smallest absolute Gasteiger partial charge is 0.253 e.